The van der Waals surface area contributed by atoms with E-state index in [2.05, 4.69) is 37.2 Å². The van der Waals surface area contributed by atoms with Gasteiger partial charge in [0.25, 0.3) is 0 Å². The van der Waals surface area contributed by atoms with Gasteiger partial charge in [0.15, 0.2) is 0 Å². The Labute approximate surface area is 137 Å². The quantitative estimate of drug-likeness (QED) is 0.675. The van der Waals surface area contributed by atoms with Gasteiger partial charge in [-0.25, -0.2) is 9.59 Å². The fourth-order valence-electron chi connectivity index (χ4n) is 1.57. The van der Waals surface area contributed by atoms with Gasteiger partial charge in [-0.3, -0.25) is 4.79 Å². The van der Waals surface area contributed by atoms with Crippen molar-refractivity contribution in [3.63, 3.8) is 0 Å². The molecule has 7 nitrogen and oxygen atoms in total. The van der Waals surface area contributed by atoms with Gasteiger partial charge >= 0.3 is 12.0 Å². The number of primary amides is 1. The van der Waals surface area contributed by atoms with Crippen molar-refractivity contribution in [2.24, 2.45) is 5.73 Å². The summed E-state index contributed by atoms with van der Waals surface area (Å²) in [6, 6.07) is 2.36. The molecule has 0 unspecified atom stereocenters. The predicted octanol–water partition coefficient (Wildman–Crippen LogP) is 2.25. The maximum Gasteiger partial charge on any atom is 0.337 e. The summed E-state index contributed by atoms with van der Waals surface area (Å²) in [5.74, 6) is -1.84. The zero-order chi connectivity index (χ0) is 16.2. The summed E-state index contributed by atoms with van der Waals surface area (Å²) in [4.78, 5) is 35.4. The van der Waals surface area contributed by atoms with E-state index in [1.165, 1.54) is 11.0 Å². The van der Waals surface area contributed by atoms with Gasteiger partial charge in [-0.1, -0.05) is 15.9 Å². The molecule has 0 spiro atoms. The number of carbonyl (C=O) groups excluding carboxylic acids is 2. The first kappa shape index (κ1) is 17.4. The highest BCUT2D eigenvalue weighted by Gasteiger charge is 2.20. The number of amides is 3. The van der Waals surface area contributed by atoms with E-state index >= 15 is 0 Å². The van der Waals surface area contributed by atoms with Crippen LogP contribution in [0, 0.1) is 0 Å². The lowest BCUT2D eigenvalue weighted by Crippen LogP contribution is -2.41. The van der Waals surface area contributed by atoms with Gasteiger partial charge in [-0.15, -0.1) is 0 Å². The molecule has 114 valence electrons. The molecule has 1 aromatic rings. The zero-order valence-corrected chi connectivity index (χ0v) is 14.2. The molecule has 0 aromatic heterocycles. The van der Waals surface area contributed by atoms with Crippen molar-refractivity contribution in [2.75, 3.05) is 18.4 Å². The Morgan fingerprint density at radius 2 is 1.95 bits per heavy atom. The Morgan fingerprint density at radius 3 is 2.43 bits per heavy atom. The van der Waals surface area contributed by atoms with Crippen molar-refractivity contribution in [1.29, 1.82) is 0 Å². The van der Waals surface area contributed by atoms with E-state index in [-0.39, 0.29) is 24.3 Å². The van der Waals surface area contributed by atoms with Gasteiger partial charge in [0.2, 0.25) is 5.91 Å². The second-order valence-electron chi connectivity index (χ2n) is 4.03. The van der Waals surface area contributed by atoms with Crippen molar-refractivity contribution in [3.05, 3.63) is 26.6 Å². The number of urea groups is 1. The summed E-state index contributed by atoms with van der Waals surface area (Å²) >= 11 is 6.38. The van der Waals surface area contributed by atoms with E-state index in [1.807, 2.05) is 0 Å². The van der Waals surface area contributed by atoms with E-state index < -0.39 is 17.9 Å². The number of carboxylic acid groups (broad SMARTS) is 1. The van der Waals surface area contributed by atoms with E-state index in [4.69, 9.17) is 5.73 Å². The van der Waals surface area contributed by atoms with E-state index in [0.717, 1.165) is 0 Å². The highest BCUT2D eigenvalue weighted by Crippen LogP contribution is 2.31. The van der Waals surface area contributed by atoms with Crippen LogP contribution < -0.4 is 11.1 Å². The Hall–Kier alpha value is -1.61. The number of aromatic carboxylic acids is 1. The molecule has 3 amide bonds. The lowest BCUT2D eigenvalue weighted by Gasteiger charge is -2.21. The first-order chi connectivity index (χ1) is 9.76. The summed E-state index contributed by atoms with van der Waals surface area (Å²) in [6.45, 7) is 1.68. The molecule has 4 N–H and O–H groups in total. The lowest BCUT2D eigenvalue weighted by molar-refractivity contribution is -0.118. The number of anilines is 1. The number of halogens is 2. The SMILES string of the molecule is CCN(CC(N)=O)C(=O)Nc1c(Br)cc(Br)cc1C(=O)O. The van der Waals surface area contributed by atoms with Crippen LogP contribution in [0.5, 0.6) is 0 Å². The van der Waals surface area contributed by atoms with Gasteiger partial charge in [-0.2, -0.15) is 0 Å². The second kappa shape index (κ2) is 7.41. The minimum absolute atomic E-state index is 0.0836. The molecule has 0 radical (unpaired) electrons. The molecule has 0 aliphatic rings. The zero-order valence-electron chi connectivity index (χ0n) is 11.0. The maximum absolute atomic E-state index is 12.1. The van der Waals surface area contributed by atoms with Crippen molar-refractivity contribution in [1.82, 2.24) is 4.90 Å². The molecule has 9 heteroatoms. The molecule has 1 aromatic carbocycles. The largest absolute Gasteiger partial charge is 0.478 e. The van der Waals surface area contributed by atoms with Crippen LogP contribution in [0.4, 0.5) is 10.5 Å². The fraction of sp³-hybridized carbons (Fsp3) is 0.250. The number of carboxylic acids is 1. The van der Waals surface area contributed by atoms with Crippen LogP contribution in [0.3, 0.4) is 0 Å². The van der Waals surface area contributed by atoms with Gasteiger partial charge in [0, 0.05) is 15.5 Å². The Balaban J connectivity index is 3.09. The average Bonchev–Trinajstić information content (AvgIpc) is 2.37. The molecular formula is C12H13Br2N3O4. The van der Waals surface area contributed by atoms with Crippen LogP contribution in [-0.2, 0) is 4.79 Å². The molecule has 0 saturated carbocycles. The van der Waals surface area contributed by atoms with Crippen LogP contribution in [0.25, 0.3) is 0 Å². The van der Waals surface area contributed by atoms with E-state index in [1.54, 1.807) is 13.0 Å². The molecule has 0 aliphatic carbocycles. The summed E-state index contributed by atoms with van der Waals surface area (Å²) in [7, 11) is 0. The standard InChI is InChI=1S/C12H13Br2N3O4/c1-2-17(5-9(15)18)12(21)16-10-7(11(19)20)3-6(13)4-8(10)14/h3-4H,2,5H2,1H3,(H2,15,18)(H,16,21)(H,19,20). The van der Waals surface area contributed by atoms with Crippen molar-refractivity contribution in [3.8, 4) is 0 Å². The van der Waals surface area contributed by atoms with Crippen LogP contribution in [0.15, 0.2) is 21.1 Å². The molecule has 0 heterocycles. The van der Waals surface area contributed by atoms with Crippen molar-refractivity contribution >= 4 is 55.5 Å². The van der Waals surface area contributed by atoms with E-state index in [9.17, 15) is 19.5 Å². The number of nitrogens with two attached hydrogens (primary N) is 1. The van der Waals surface area contributed by atoms with Crippen LogP contribution in [0.1, 0.15) is 17.3 Å². The topological polar surface area (TPSA) is 113 Å². The molecule has 21 heavy (non-hydrogen) atoms. The molecule has 1 rings (SSSR count). The highest BCUT2D eigenvalue weighted by atomic mass is 79.9. The smallest absolute Gasteiger partial charge is 0.337 e. The number of hydrogen-bond donors (Lipinski definition) is 3. The molecule has 0 bridgehead atoms. The maximum atomic E-state index is 12.1. The fourth-order valence-corrected chi connectivity index (χ4v) is 2.89. The van der Waals surface area contributed by atoms with Gasteiger partial charge < -0.3 is 21.1 Å². The first-order valence-corrected chi connectivity index (χ1v) is 7.41. The Kier molecular flexibility index (Phi) is 6.16. The number of rotatable bonds is 5. The molecular weight excluding hydrogens is 410 g/mol. The number of benzene rings is 1. The first-order valence-electron chi connectivity index (χ1n) is 5.82. The summed E-state index contributed by atoms with van der Waals surface area (Å²) in [5, 5.41) is 11.7. The number of nitrogens with one attached hydrogen (secondary N) is 1. The summed E-state index contributed by atoms with van der Waals surface area (Å²) in [6.07, 6.45) is 0. The summed E-state index contributed by atoms with van der Waals surface area (Å²) in [5.41, 5.74) is 5.08. The van der Waals surface area contributed by atoms with Gasteiger partial charge in [0.1, 0.15) is 6.54 Å². The lowest BCUT2D eigenvalue weighted by atomic mass is 10.2. The number of carbonyl (C=O) groups is 3. The highest BCUT2D eigenvalue weighted by molar-refractivity contribution is 9.11. The normalized spacial score (nSPS) is 10.0. The predicted molar refractivity (Wildman–Crippen MR) is 84.3 cm³/mol. The van der Waals surface area contributed by atoms with E-state index in [0.29, 0.717) is 8.95 Å². The van der Waals surface area contributed by atoms with Crippen molar-refractivity contribution < 1.29 is 19.5 Å². The summed E-state index contributed by atoms with van der Waals surface area (Å²) < 4.78 is 0.951. The molecule has 0 aliphatic heterocycles. The number of likely N-dealkylation sites (N-methyl/N-ethyl adjacent to an activating group) is 1. The third-order valence-corrected chi connectivity index (χ3v) is 3.62. The third-order valence-electron chi connectivity index (χ3n) is 2.53. The molecule has 0 fully saturated rings. The Bertz CT molecular complexity index is 592. The molecule has 0 saturated heterocycles. The van der Waals surface area contributed by atoms with Crippen LogP contribution >= 0.6 is 31.9 Å². The van der Waals surface area contributed by atoms with Gasteiger partial charge in [-0.05, 0) is 35.0 Å². The van der Waals surface area contributed by atoms with Crippen LogP contribution in [-0.4, -0.2) is 41.0 Å². The monoisotopic (exact) mass is 421 g/mol. The number of nitrogens with zero attached hydrogens (tertiary/aromatic N) is 1. The van der Waals surface area contributed by atoms with Crippen molar-refractivity contribution in [2.45, 2.75) is 6.92 Å². The number of hydrogen-bond acceptors (Lipinski definition) is 3. The van der Waals surface area contributed by atoms with Crippen LogP contribution in [0.2, 0.25) is 0 Å². The minimum Gasteiger partial charge on any atom is -0.478 e. The Morgan fingerprint density at radius 1 is 1.33 bits per heavy atom. The minimum atomic E-state index is -1.19. The van der Waals surface area contributed by atoms with Gasteiger partial charge in [0.05, 0.1) is 11.3 Å². The third kappa shape index (κ3) is 4.71. The average molecular weight is 423 g/mol. The second-order valence-corrected chi connectivity index (χ2v) is 5.80. The molecule has 0 atom stereocenters.